The summed E-state index contributed by atoms with van der Waals surface area (Å²) in [6, 6.07) is -0.795. The van der Waals surface area contributed by atoms with E-state index in [2.05, 4.69) is 19.2 Å². The number of carbonyl (C=O) groups excluding carboxylic acids is 1. The number of hydrogen-bond acceptors (Lipinski definition) is 8. The molecular formula is C37H71NO8. The summed E-state index contributed by atoms with van der Waals surface area (Å²) in [5, 5.41) is 53.8. The lowest BCUT2D eigenvalue weighted by Gasteiger charge is -2.40. The Kier molecular flexibility index (Phi) is 27.0. The molecule has 7 atom stereocenters. The highest BCUT2D eigenvalue weighted by molar-refractivity contribution is 5.76. The Morgan fingerprint density at radius 3 is 1.70 bits per heavy atom. The Labute approximate surface area is 280 Å². The van der Waals surface area contributed by atoms with Crippen molar-refractivity contribution in [2.24, 2.45) is 0 Å². The van der Waals surface area contributed by atoms with Gasteiger partial charge >= 0.3 is 0 Å². The number of amides is 1. The molecule has 1 saturated heterocycles. The maximum atomic E-state index is 12.8. The first-order chi connectivity index (χ1) is 22.3. The second kappa shape index (κ2) is 28.9. The summed E-state index contributed by atoms with van der Waals surface area (Å²) in [6.45, 7) is 3.72. The first kappa shape index (κ1) is 43.0. The molecule has 0 aromatic rings. The van der Waals surface area contributed by atoms with Gasteiger partial charge in [-0.05, 0) is 19.3 Å². The van der Waals surface area contributed by atoms with Crippen LogP contribution in [0.5, 0.6) is 0 Å². The van der Waals surface area contributed by atoms with Gasteiger partial charge in [0.15, 0.2) is 6.29 Å². The molecule has 0 saturated carbocycles. The molecule has 6 N–H and O–H groups in total. The molecule has 0 aliphatic carbocycles. The molecule has 9 heteroatoms. The molecule has 1 rings (SSSR count). The van der Waals surface area contributed by atoms with Crippen molar-refractivity contribution in [3.63, 3.8) is 0 Å². The first-order valence-corrected chi connectivity index (χ1v) is 18.9. The molecule has 1 fully saturated rings. The van der Waals surface area contributed by atoms with Crippen LogP contribution in [0.3, 0.4) is 0 Å². The molecule has 0 spiro atoms. The molecule has 2 unspecified atom stereocenters. The summed E-state index contributed by atoms with van der Waals surface area (Å²) in [5.74, 6) is -0.182. The molecule has 272 valence electrons. The van der Waals surface area contributed by atoms with Crippen LogP contribution in [-0.2, 0) is 14.3 Å². The lowest BCUT2D eigenvalue weighted by Crippen LogP contribution is -2.60. The molecule has 1 aliphatic rings. The van der Waals surface area contributed by atoms with E-state index in [1.807, 2.05) is 6.08 Å². The van der Waals surface area contributed by atoms with Gasteiger partial charge in [-0.2, -0.15) is 0 Å². The van der Waals surface area contributed by atoms with Crippen molar-refractivity contribution in [3.05, 3.63) is 12.2 Å². The fourth-order valence-electron chi connectivity index (χ4n) is 5.98. The van der Waals surface area contributed by atoms with Gasteiger partial charge in [0.25, 0.3) is 0 Å². The zero-order chi connectivity index (χ0) is 33.8. The van der Waals surface area contributed by atoms with E-state index < -0.39 is 49.5 Å². The predicted molar refractivity (Wildman–Crippen MR) is 184 cm³/mol. The third-order valence-corrected chi connectivity index (χ3v) is 9.11. The van der Waals surface area contributed by atoms with Gasteiger partial charge in [0.2, 0.25) is 5.91 Å². The third kappa shape index (κ3) is 20.3. The summed E-state index contributed by atoms with van der Waals surface area (Å²) < 4.78 is 11.1. The maximum absolute atomic E-state index is 12.8. The number of carbonyl (C=O) groups is 1. The fraction of sp³-hybridized carbons (Fsp3) is 0.919. The van der Waals surface area contributed by atoms with Crippen molar-refractivity contribution < 1.29 is 39.8 Å². The lowest BCUT2D eigenvalue weighted by atomic mass is 9.99. The summed E-state index contributed by atoms with van der Waals surface area (Å²) in [6.07, 6.45) is 22.6. The number of rotatable bonds is 30. The molecule has 0 aromatic heterocycles. The Balaban J connectivity index is 2.46. The molecule has 9 nitrogen and oxygen atoms in total. The van der Waals surface area contributed by atoms with E-state index in [1.54, 1.807) is 6.08 Å². The van der Waals surface area contributed by atoms with Crippen molar-refractivity contribution in [3.8, 4) is 0 Å². The van der Waals surface area contributed by atoms with Crippen molar-refractivity contribution in [1.82, 2.24) is 5.32 Å². The third-order valence-electron chi connectivity index (χ3n) is 9.11. The van der Waals surface area contributed by atoms with Crippen molar-refractivity contribution in [1.29, 1.82) is 0 Å². The summed E-state index contributed by atoms with van der Waals surface area (Å²) in [4.78, 5) is 12.8. The quantitative estimate of drug-likeness (QED) is 0.0394. The molecular weight excluding hydrogens is 586 g/mol. The Bertz CT molecular complexity index is 736. The van der Waals surface area contributed by atoms with E-state index in [0.29, 0.717) is 6.42 Å². The maximum Gasteiger partial charge on any atom is 0.220 e. The summed E-state index contributed by atoms with van der Waals surface area (Å²) in [5.41, 5.74) is 0. The minimum atomic E-state index is -1.56. The highest BCUT2D eigenvalue weighted by Crippen LogP contribution is 2.22. The standard InChI is InChI=1S/C37H71NO8/c1-3-5-7-9-11-13-14-15-16-17-19-20-22-24-26-31(40)30(29-45-37-36(44)35(43)34(42)32(28-39)46-37)38-33(41)27-25-23-21-18-12-10-8-6-4-2/h24,26,30-32,34-37,39-40,42-44H,3-23,25,27-29H2,1-2H3,(H,38,41)/b26-24+/t30-,31+,32+,34-,35?,36?,37+/m0/s1. The highest BCUT2D eigenvalue weighted by atomic mass is 16.7. The minimum absolute atomic E-state index is 0.182. The number of ether oxygens (including phenoxy) is 2. The van der Waals surface area contributed by atoms with Gasteiger partial charge in [-0.3, -0.25) is 4.79 Å². The van der Waals surface area contributed by atoms with Gasteiger partial charge in [-0.25, -0.2) is 0 Å². The number of unbranched alkanes of at least 4 members (excludes halogenated alkanes) is 20. The van der Waals surface area contributed by atoms with Crippen molar-refractivity contribution in [2.45, 2.75) is 204 Å². The van der Waals surface area contributed by atoms with Crippen LogP contribution in [0.15, 0.2) is 12.2 Å². The van der Waals surface area contributed by atoms with Crippen LogP contribution in [-0.4, -0.2) is 87.5 Å². The normalized spacial score (nSPS) is 23.2. The van der Waals surface area contributed by atoms with Crippen LogP contribution in [0, 0.1) is 0 Å². The predicted octanol–water partition coefficient (Wildman–Crippen LogP) is 6.22. The van der Waals surface area contributed by atoms with Crippen LogP contribution < -0.4 is 5.32 Å². The number of nitrogens with one attached hydrogen (secondary N) is 1. The largest absolute Gasteiger partial charge is 0.394 e. The monoisotopic (exact) mass is 658 g/mol. The van der Waals surface area contributed by atoms with E-state index in [4.69, 9.17) is 9.47 Å². The minimum Gasteiger partial charge on any atom is -0.394 e. The number of hydrogen-bond donors (Lipinski definition) is 6. The number of aliphatic hydroxyl groups is 5. The van der Waals surface area contributed by atoms with E-state index in [9.17, 15) is 30.3 Å². The van der Waals surface area contributed by atoms with Crippen LogP contribution >= 0.6 is 0 Å². The Morgan fingerprint density at radius 1 is 0.717 bits per heavy atom. The van der Waals surface area contributed by atoms with E-state index in [1.165, 1.54) is 103 Å². The second-order valence-electron chi connectivity index (χ2n) is 13.4. The van der Waals surface area contributed by atoms with E-state index >= 15 is 0 Å². The molecule has 0 radical (unpaired) electrons. The molecule has 1 aliphatic heterocycles. The van der Waals surface area contributed by atoms with Gasteiger partial charge in [0, 0.05) is 6.42 Å². The first-order valence-electron chi connectivity index (χ1n) is 18.9. The van der Waals surface area contributed by atoms with Gasteiger partial charge in [-0.1, -0.05) is 148 Å². The molecule has 1 heterocycles. The fourth-order valence-corrected chi connectivity index (χ4v) is 5.98. The molecule has 0 aromatic carbocycles. The molecule has 1 amide bonds. The second-order valence-corrected chi connectivity index (χ2v) is 13.4. The molecule has 0 bridgehead atoms. The van der Waals surface area contributed by atoms with E-state index in [-0.39, 0.29) is 12.5 Å². The van der Waals surface area contributed by atoms with Crippen LogP contribution in [0.2, 0.25) is 0 Å². The smallest absolute Gasteiger partial charge is 0.220 e. The summed E-state index contributed by atoms with van der Waals surface area (Å²) >= 11 is 0. The number of aliphatic hydroxyl groups excluding tert-OH is 5. The zero-order valence-corrected chi connectivity index (χ0v) is 29.3. The van der Waals surface area contributed by atoms with E-state index in [0.717, 1.165) is 38.5 Å². The topological polar surface area (TPSA) is 149 Å². The average Bonchev–Trinajstić information content (AvgIpc) is 3.05. The Morgan fingerprint density at radius 2 is 1.20 bits per heavy atom. The van der Waals surface area contributed by atoms with Crippen molar-refractivity contribution >= 4 is 5.91 Å². The van der Waals surface area contributed by atoms with Gasteiger partial charge in [0.05, 0.1) is 25.4 Å². The Hall–Kier alpha value is -1.07. The average molecular weight is 658 g/mol. The summed E-state index contributed by atoms with van der Waals surface area (Å²) in [7, 11) is 0. The highest BCUT2D eigenvalue weighted by Gasteiger charge is 2.44. The van der Waals surface area contributed by atoms with Gasteiger partial charge < -0.3 is 40.3 Å². The zero-order valence-electron chi connectivity index (χ0n) is 29.3. The van der Waals surface area contributed by atoms with Crippen LogP contribution in [0.1, 0.15) is 162 Å². The number of allylic oxidation sites excluding steroid dienone is 1. The van der Waals surface area contributed by atoms with Gasteiger partial charge in [-0.15, -0.1) is 0 Å². The molecule has 46 heavy (non-hydrogen) atoms. The van der Waals surface area contributed by atoms with Crippen molar-refractivity contribution in [2.75, 3.05) is 13.2 Å². The van der Waals surface area contributed by atoms with Gasteiger partial charge in [0.1, 0.15) is 24.4 Å². The lowest BCUT2D eigenvalue weighted by molar-refractivity contribution is -0.302. The SMILES string of the molecule is CCCCCCCCCCCCCC/C=C/[C@@H](O)[C@H](CO[C@@H]1O[C@H](CO)[C@H](O)C(O)C1O)NC(=O)CCCCCCCCCCC. The van der Waals surface area contributed by atoms with Crippen LogP contribution in [0.4, 0.5) is 0 Å². The van der Waals surface area contributed by atoms with Crippen LogP contribution in [0.25, 0.3) is 0 Å².